The predicted molar refractivity (Wildman–Crippen MR) is 73.0 cm³/mol. The zero-order chi connectivity index (χ0) is 13.6. The van der Waals surface area contributed by atoms with Gasteiger partial charge < -0.3 is 5.73 Å². The van der Waals surface area contributed by atoms with Crippen molar-refractivity contribution in [2.45, 2.75) is 26.2 Å². The maximum absolute atomic E-state index is 12.2. The second-order valence-corrected chi connectivity index (χ2v) is 5.49. The molecule has 1 aliphatic rings. The monoisotopic (exact) mass is 275 g/mol. The van der Waals surface area contributed by atoms with E-state index in [-0.39, 0.29) is 11.0 Å². The Kier molecular flexibility index (Phi) is 2.74. The van der Waals surface area contributed by atoms with Crippen LogP contribution in [0.15, 0.2) is 16.4 Å². The minimum absolute atomic E-state index is 0.0495. The van der Waals surface area contributed by atoms with E-state index in [1.165, 1.54) is 17.5 Å². The van der Waals surface area contributed by atoms with E-state index in [1.54, 1.807) is 0 Å². The summed E-state index contributed by atoms with van der Waals surface area (Å²) in [6.07, 6.45) is 4.01. The topological polar surface area (TPSA) is 78.0 Å². The first-order valence-corrected chi connectivity index (χ1v) is 6.95. The molecule has 2 aromatic heterocycles. The number of aromatic nitrogens is 2. The molecule has 3 rings (SSSR count). The number of fused-ring (bicyclic) bond motifs is 1. The van der Waals surface area contributed by atoms with Gasteiger partial charge in [-0.1, -0.05) is 0 Å². The molecule has 98 valence electrons. The highest BCUT2D eigenvalue weighted by Gasteiger charge is 2.23. The van der Waals surface area contributed by atoms with Gasteiger partial charge in [-0.25, -0.2) is 4.98 Å². The van der Waals surface area contributed by atoms with Gasteiger partial charge in [0.1, 0.15) is 5.56 Å². The summed E-state index contributed by atoms with van der Waals surface area (Å²) in [4.78, 5) is 28.0. The van der Waals surface area contributed by atoms with E-state index in [0.29, 0.717) is 12.0 Å². The molecule has 2 N–H and O–H groups in total. The SMILES string of the molecule is Cc1csc(-n2cc(C(N)=O)c(=O)c3c2CCC3)n1. The van der Waals surface area contributed by atoms with Crippen LogP contribution in [0.4, 0.5) is 0 Å². The summed E-state index contributed by atoms with van der Waals surface area (Å²) in [6, 6.07) is 0. The van der Waals surface area contributed by atoms with Crippen LogP contribution in [0.3, 0.4) is 0 Å². The lowest BCUT2D eigenvalue weighted by Gasteiger charge is -2.11. The molecule has 2 aromatic rings. The molecule has 0 atom stereocenters. The molecular weight excluding hydrogens is 262 g/mol. The molecule has 0 saturated heterocycles. The van der Waals surface area contributed by atoms with Crippen LogP contribution in [0.1, 0.15) is 33.7 Å². The molecule has 0 spiro atoms. The third-order valence-corrected chi connectivity index (χ3v) is 4.29. The summed E-state index contributed by atoms with van der Waals surface area (Å²) in [5.41, 5.74) is 7.72. The number of hydrogen-bond acceptors (Lipinski definition) is 4. The van der Waals surface area contributed by atoms with Crippen LogP contribution >= 0.6 is 11.3 Å². The van der Waals surface area contributed by atoms with Crippen molar-refractivity contribution in [1.29, 1.82) is 0 Å². The Morgan fingerprint density at radius 1 is 1.47 bits per heavy atom. The number of thiazole rings is 1. The Bertz CT molecular complexity index is 730. The molecule has 1 aliphatic carbocycles. The van der Waals surface area contributed by atoms with Crippen LogP contribution in [0.2, 0.25) is 0 Å². The van der Waals surface area contributed by atoms with E-state index in [0.717, 1.165) is 29.4 Å². The Balaban J connectivity index is 2.30. The fourth-order valence-electron chi connectivity index (χ4n) is 2.46. The highest BCUT2D eigenvalue weighted by atomic mass is 32.1. The fraction of sp³-hybridized carbons (Fsp3) is 0.308. The van der Waals surface area contributed by atoms with Gasteiger partial charge in [-0.2, -0.15) is 0 Å². The Labute approximate surface area is 113 Å². The molecule has 2 heterocycles. The van der Waals surface area contributed by atoms with Crippen LogP contribution in [-0.2, 0) is 12.8 Å². The average molecular weight is 275 g/mol. The van der Waals surface area contributed by atoms with Crippen LogP contribution in [0, 0.1) is 6.92 Å². The van der Waals surface area contributed by atoms with E-state index in [4.69, 9.17) is 5.73 Å². The van der Waals surface area contributed by atoms with Gasteiger partial charge >= 0.3 is 0 Å². The minimum Gasteiger partial charge on any atom is -0.365 e. The van der Waals surface area contributed by atoms with Crippen molar-refractivity contribution in [2.75, 3.05) is 0 Å². The number of carbonyl (C=O) groups is 1. The predicted octanol–water partition coefficient (Wildman–Crippen LogP) is 1.19. The first kappa shape index (κ1) is 12.1. The largest absolute Gasteiger partial charge is 0.365 e. The van der Waals surface area contributed by atoms with E-state index >= 15 is 0 Å². The Hall–Kier alpha value is -1.95. The summed E-state index contributed by atoms with van der Waals surface area (Å²) in [5, 5.41) is 2.72. The Morgan fingerprint density at radius 2 is 2.26 bits per heavy atom. The maximum atomic E-state index is 12.2. The summed E-state index contributed by atoms with van der Waals surface area (Å²) >= 11 is 1.49. The van der Waals surface area contributed by atoms with Crippen LogP contribution in [0.5, 0.6) is 0 Å². The molecule has 19 heavy (non-hydrogen) atoms. The average Bonchev–Trinajstić information content (AvgIpc) is 2.98. The molecule has 0 aromatic carbocycles. The molecule has 1 amide bonds. The normalized spacial score (nSPS) is 13.5. The summed E-state index contributed by atoms with van der Waals surface area (Å²) in [6.45, 7) is 1.91. The van der Waals surface area contributed by atoms with Crippen molar-refractivity contribution in [3.63, 3.8) is 0 Å². The van der Waals surface area contributed by atoms with Gasteiger partial charge in [0.2, 0.25) is 0 Å². The number of aryl methyl sites for hydroxylation is 1. The fourth-order valence-corrected chi connectivity index (χ4v) is 3.27. The second-order valence-electron chi connectivity index (χ2n) is 4.66. The summed E-state index contributed by atoms with van der Waals surface area (Å²) in [5.74, 6) is -0.679. The Morgan fingerprint density at radius 3 is 2.89 bits per heavy atom. The van der Waals surface area contributed by atoms with Gasteiger partial charge in [0.25, 0.3) is 5.91 Å². The smallest absolute Gasteiger partial charge is 0.254 e. The molecule has 0 bridgehead atoms. The van der Waals surface area contributed by atoms with E-state index in [1.807, 2.05) is 16.9 Å². The van der Waals surface area contributed by atoms with Crippen molar-refractivity contribution in [1.82, 2.24) is 9.55 Å². The standard InChI is InChI=1S/C13H13N3O2S/c1-7-6-19-13(15-7)16-5-9(12(14)18)11(17)8-3-2-4-10(8)16/h5-6H,2-4H2,1H3,(H2,14,18). The number of amides is 1. The number of primary amides is 1. The maximum Gasteiger partial charge on any atom is 0.254 e. The number of rotatable bonds is 2. The number of hydrogen-bond donors (Lipinski definition) is 1. The molecular formula is C13H13N3O2S. The van der Waals surface area contributed by atoms with Crippen LogP contribution in [-0.4, -0.2) is 15.5 Å². The number of nitrogens with two attached hydrogens (primary N) is 1. The van der Waals surface area contributed by atoms with Gasteiger partial charge in [0.15, 0.2) is 10.6 Å². The zero-order valence-electron chi connectivity index (χ0n) is 10.5. The first-order valence-electron chi connectivity index (χ1n) is 6.07. The lowest BCUT2D eigenvalue weighted by molar-refractivity contribution is 0.0998. The van der Waals surface area contributed by atoms with Crippen LogP contribution in [0.25, 0.3) is 5.13 Å². The third-order valence-electron chi connectivity index (χ3n) is 3.33. The number of nitrogens with zero attached hydrogens (tertiary/aromatic N) is 2. The lowest BCUT2D eigenvalue weighted by atomic mass is 10.1. The van der Waals surface area contributed by atoms with Gasteiger partial charge in [0, 0.05) is 22.8 Å². The highest BCUT2D eigenvalue weighted by Crippen LogP contribution is 2.24. The van der Waals surface area contributed by atoms with Crippen molar-refractivity contribution < 1.29 is 4.79 Å². The van der Waals surface area contributed by atoms with E-state index in [9.17, 15) is 9.59 Å². The first-order chi connectivity index (χ1) is 9.08. The van der Waals surface area contributed by atoms with Crippen molar-refractivity contribution in [3.05, 3.63) is 44.3 Å². The lowest BCUT2D eigenvalue weighted by Crippen LogP contribution is -2.26. The van der Waals surface area contributed by atoms with Crippen molar-refractivity contribution in [3.8, 4) is 5.13 Å². The molecule has 0 saturated carbocycles. The van der Waals surface area contributed by atoms with Gasteiger partial charge in [0.05, 0.1) is 5.69 Å². The zero-order valence-corrected chi connectivity index (χ0v) is 11.3. The van der Waals surface area contributed by atoms with E-state index < -0.39 is 5.91 Å². The molecule has 0 unspecified atom stereocenters. The number of pyridine rings is 1. The molecule has 0 aliphatic heterocycles. The minimum atomic E-state index is -0.679. The second kappa shape index (κ2) is 4.31. The van der Waals surface area contributed by atoms with Gasteiger partial charge in [-0.05, 0) is 26.2 Å². The van der Waals surface area contributed by atoms with Crippen molar-refractivity contribution >= 4 is 17.2 Å². The molecule has 6 heteroatoms. The van der Waals surface area contributed by atoms with Gasteiger partial charge in [-0.3, -0.25) is 14.2 Å². The number of carbonyl (C=O) groups excluding carboxylic acids is 1. The van der Waals surface area contributed by atoms with Crippen LogP contribution < -0.4 is 11.2 Å². The summed E-state index contributed by atoms with van der Waals surface area (Å²) in [7, 11) is 0. The van der Waals surface area contributed by atoms with E-state index in [2.05, 4.69) is 4.98 Å². The summed E-state index contributed by atoms with van der Waals surface area (Å²) < 4.78 is 1.85. The molecule has 0 radical (unpaired) electrons. The third kappa shape index (κ3) is 1.88. The van der Waals surface area contributed by atoms with Crippen molar-refractivity contribution in [2.24, 2.45) is 5.73 Å². The molecule has 0 fully saturated rings. The molecule has 5 nitrogen and oxygen atoms in total. The quantitative estimate of drug-likeness (QED) is 0.894. The van der Waals surface area contributed by atoms with Gasteiger partial charge in [-0.15, -0.1) is 11.3 Å². The highest BCUT2D eigenvalue weighted by molar-refractivity contribution is 7.12.